The molecule has 14 heteroatoms. The van der Waals surface area contributed by atoms with Crippen LogP contribution in [0.4, 0.5) is 23.7 Å². The quantitative estimate of drug-likeness (QED) is 0.400. The molecule has 3 rings (SSSR count). The summed E-state index contributed by atoms with van der Waals surface area (Å²) in [6, 6.07) is 6.45. The van der Waals surface area contributed by atoms with Crippen molar-refractivity contribution in [1.29, 1.82) is 0 Å². The van der Waals surface area contributed by atoms with Gasteiger partial charge in [0.2, 0.25) is 11.8 Å². The van der Waals surface area contributed by atoms with Gasteiger partial charge in [0.1, 0.15) is 5.54 Å². The van der Waals surface area contributed by atoms with Gasteiger partial charge in [-0.2, -0.15) is 13.2 Å². The number of hydrogen-bond donors (Lipinski definition) is 3. The number of nitrogens with one attached hydrogen (secondary N) is 2. The molecule has 198 valence electrons. The van der Waals surface area contributed by atoms with E-state index in [1.54, 1.807) is 26.1 Å². The highest BCUT2D eigenvalue weighted by Crippen LogP contribution is 2.43. The Morgan fingerprint density at radius 2 is 1.72 bits per heavy atom. The van der Waals surface area contributed by atoms with E-state index >= 15 is 0 Å². The summed E-state index contributed by atoms with van der Waals surface area (Å²) in [6.45, 7) is 3.65. The molecule has 2 aliphatic heterocycles. The van der Waals surface area contributed by atoms with Crippen molar-refractivity contribution in [2.45, 2.75) is 31.6 Å². The molecule has 1 aromatic carbocycles. The Kier molecular flexibility index (Phi) is 8.34. The highest BCUT2D eigenvalue weighted by atomic mass is 19.4. The number of carboxylic acid groups (broad SMARTS) is 1. The van der Waals surface area contributed by atoms with Crippen molar-refractivity contribution in [1.82, 2.24) is 15.1 Å². The summed E-state index contributed by atoms with van der Waals surface area (Å²) in [5.74, 6) is -5.77. The van der Waals surface area contributed by atoms with Gasteiger partial charge in [-0.05, 0) is 26.0 Å². The van der Waals surface area contributed by atoms with E-state index in [4.69, 9.17) is 14.6 Å². The van der Waals surface area contributed by atoms with Crippen LogP contribution in [-0.4, -0.2) is 90.2 Å². The number of halogens is 3. The molecule has 2 heterocycles. The maximum atomic E-state index is 12.7. The predicted molar refractivity (Wildman–Crippen MR) is 119 cm³/mol. The van der Waals surface area contributed by atoms with E-state index in [1.165, 1.54) is 19.1 Å². The normalized spacial score (nSPS) is 25.0. The number of aryl methyl sites for hydroxylation is 1. The molecule has 0 saturated carbocycles. The Morgan fingerprint density at radius 3 is 2.19 bits per heavy atom. The summed E-state index contributed by atoms with van der Waals surface area (Å²) in [4.78, 5) is 61.7. The molecular weight excluding hydrogens is 489 g/mol. The number of nitrogens with zero attached hydrogens (tertiary/aromatic N) is 2. The van der Waals surface area contributed by atoms with Crippen LogP contribution in [0.25, 0.3) is 0 Å². The molecule has 0 spiro atoms. The number of alkyl halides is 3. The fourth-order valence-electron chi connectivity index (χ4n) is 4.20. The Balaban J connectivity index is 0.000000572. The first-order valence-electron chi connectivity index (χ1n) is 10.6. The van der Waals surface area contributed by atoms with E-state index in [2.05, 4.69) is 10.6 Å². The average Bonchev–Trinajstić information content (AvgIpc) is 3.22. The molecule has 2 saturated heterocycles. The molecule has 0 unspecified atom stereocenters. The van der Waals surface area contributed by atoms with E-state index in [-0.39, 0.29) is 18.5 Å². The zero-order chi connectivity index (χ0) is 27.6. The van der Waals surface area contributed by atoms with Gasteiger partial charge in [-0.1, -0.05) is 17.7 Å². The number of likely N-dealkylation sites (N-methyl/N-ethyl adjacent to an activating group) is 1. The highest BCUT2D eigenvalue weighted by Gasteiger charge is 2.66. The van der Waals surface area contributed by atoms with Gasteiger partial charge < -0.3 is 20.1 Å². The van der Waals surface area contributed by atoms with Crippen LogP contribution in [0, 0.1) is 18.8 Å². The molecule has 3 N–H and O–H groups in total. The van der Waals surface area contributed by atoms with E-state index in [0.29, 0.717) is 5.69 Å². The number of likely N-dealkylation sites (tertiary alicyclic amines) is 1. The van der Waals surface area contributed by atoms with Gasteiger partial charge in [-0.3, -0.25) is 24.6 Å². The number of carbonyl (C=O) groups excluding carboxylic acids is 4. The van der Waals surface area contributed by atoms with Crippen LogP contribution in [0.5, 0.6) is 0 Å². The number of fused-ring (bicyclic) bond motifs is 1. The van der Waals surface area contributed by atoms with Crippen LogP contribution in [0.2, 0.25) is 0 Å². The van der Waals surface area contributed by atoms with Crippen molar-refractivity contribution in [2.24, 2.45) is 11.8 Å². The number of urea groups is 1. The number of carboxylic acids is 1. The van der Waals surface area contributed by atoms with Crippen LogP contribution in [0.15, 0.2) is 24.3 Å². The zero-order valence-corrected chi connectivity index (χ0v) is 20.2. The number of anilines is 1. The van der Waals surface area contributed by atoms with Crippen LogP contribution < -0.4 is 10.6 Å². The Morgan fingerprint density at radius 1 is 1.19 bits per heavy atom. The standard InChI is InChI=1S/C20H26N4O5.C2HF3O2/c1-11-6-8-12(9-7-11)21-19(28)23(3)10-13-14-15(17(26)24(4)16(14)25)20(2,22-13)18(27)29-5;3-2(4,5)1(6)7/h6-9,13-15,22H,10H2,1-5H3,(H,21,28);(H,6,7)/t13-,14+,15-,20-;/m1./s1. The largest absolute Gasteiger partial charge is 0.490 e. The summed E-state index contributed by atoms with van der Waals surface area (Å²) in [5, 5.41) is 13.0. The summed E-state index contributed by atoms with van der Waals surface area (Å²) < 4.78 is 36.6. The number of ether oxygens (including phenoxy) is 1. The van der Waals surface area contributed by atoms with Gasteiger partial charge in [0, 0.05) is 32.4 Å². The number of esters is 1. The van der Waals surface area contributed by atoms with Crippen molar-refractivity contribution in [2.75, 3.05) is 33.1 Å². The molecule has 4 atom stereocenters. The molecule has 2 fully saturated rings. The SMILES string of the molecule is COC(=O)[C@]1(C)N[C@H](CN(C)C(=O)Nc2ccc(C)cc2)[C@@H]2C(=O)N(C)C(=O)[C@@H]21.O=C(O)C(F)(F)F. The van der Waals surface area contributed by atoms with Gasteiger partial charge in [0.25, 0.3) is 0 Å². The lowest BCUT2D eigenvalue weighted by Crippen LogP contribution is -2.56. The van der Waals surface area contributed by atoms with Gasteiger partial charge in [-0.15, -0.1) is 0 Å². The summed E-state index contributed by atoms with van der Waals surface area (Å²) in [6.07, 6.45) is -5.08. The number of rotatable bonds is 4. The Bertz CT molecular complexity index is 1050. The van der Waals surface area contributed by atoms with Crippen molar-refractivity contribution in [3.05, 3.63) is 29.8 Å². The molecule has 36 heavy (non-hydrogen) atoms. The monoisotopic (exact) mass is 516 g/mol. The number of imide groups is 1. The lowest BCUT2D eigenvalue weighted by atomic mass is 9.81. The lowest BCUT2D eigenvalue weighted by Gasteiger charge is -2.29. The molecule has 0 aromatic heterocycles. The van der Waals surface area contributed by atoms with E-state index in [9.17, 15) is 32.3 Å². The number of methoxy groups -OCH3 is 1. The molecule has 0 radical (unpaired) electrons. The van der Waals surface area contributed by atoms with Gasteiger partial charge in [0.05, 0.1) is 18.9 Å². The second-order valence-corrected chi connectivity index (χ2v) is 8.66. The van der Waals surface area contributed by atoms with E-state index in [1.807, 2.05) is 19.1 Å². The number of aliphatic carboxylic acids is 1. The minimum Gasteiger partial charge on any atom is -0.475 e. The third kappa shape index (κ3) is 5.75. The third-order valence-electron chi connectivity index (χ3n) is 6.08. The third-order valence-corrected chi connectivity index (χ3v) is 6.08. The maximum absolute atomic E-state index is 12.7. The summed E-state index contributed by atoms with van der Waals surface area (Å²) in [7, 11) is 4.24. The minimum atomic E-state index is -5.08. The average molecular weight is 516 g/mol. The van der Waals surface area contributed by atoms with Crippen LogP contribution >= 0.6 is 0 Å². The van der Waals surface area contributed by atoms with Crippen LogP contribution in [-0.2, 0) is 23.9 Å². The predicted octanol–water partition coefficient (Wildman–Crippen LogP) is 1.23. The fourth-order valence-corrected chi connectivity index (χ4v) is 4.20. The first-order valence-corrected chi connectivity index (χ1v) is 10.6. The zero-order valence-electron chi connectivity index (χ0n) is 20.2. The van der Waals surface area contributed by atoms with E-state index in [0.717, 1.165) is 10.5 Å². The molecule has 0 bridgehead atoms. The van der Waals surface area contributed by atoms with Crippen molar-refractivity contribution >= 4 is 35.5 Å². The molecule has 2 aliphatic rings. The number of amides is 4. The summed E-state index contributed by atoms with van der Waals surface area (Å²) in [5.41, 5.74) is 0.389. The first-order chi connectivity index (χ1) is 16.5. The van der Waals surface area contributed by atoms with Gasteiger partial charge in [-0.25, -0.2) is 9.59 Å². The lowest BCUT2D eigenvalue weighted by molar-refractivity contribution is -0.192. The molecule has 1 aromatic rings. The number of benzene rings is 1. The number of hydrogen-bond acceptors (Lipinski definition) is 7. The molecule has 11 nitrogen and oxygen atoms in total. The minimum absolute atomic E-state index is 0.137. The first kappa shape index (κ1) is 28.6. The smallest absolute Gasteiger partial charge is 0.475 e. The maximum Gasteiger partial charge on any atom is 0.490 e. The van der Waals surface area contributed by atoms with Crippen LogP contribution in [0.3, 0.4) is 0 Å². The molecule has 4 amide bonds. The Hall–Kier alpha value is -3.68. The second kappa shape index (κ2) is 10.5. The highest BCUT2D eigenvalue weighted by molar-refractivity contribution is 6.09. The van der Waals surface area contributed by atoms with Crippen molar-refractivity contribution < 1.29 is 47.0 Å². The van der Waals surface area contributed by atoms with E-state index < -0.39 is 47.4 Å². The molecule has 0 aliphatic carbocycles. The summed E-state index contributed by atoms with van der Waals surface area (Å²) >= 11 is 0. The Labute approximate surface area is 204 Å². The van der Waals surface area contributed by atoms with Crippen molar-refractivity contribution in [3.63, 3.8) is 0 Å². The van der Waals surface area contributed by atoms with Gasteiger partial charge in [0.15, 0.2) is 0 Å². The van der Waals surface area contributed by atoms with Crippen LogP contribution in [0.1, 0.15) is 12.5 Å². The van der Waals surface area contributed by atoms with Crippen molar-refractivity contribution in [3.8, 4) is 0 Å². The van der Waals surface area contributed by atoms with Gasteiger partial charge >= 0.3 is 24.1 Å². The second-order valence-electron chi connectivity index (χ2n) is 8.66. The molecular formula is C22H27F3N4O7. The number of carbonyl (C=O) groups is 5. The fraction of sp³-hybridized carbons (Fsp3) is 0.500. The topological polar surface area (TPSA) is 145 Å².